The summed E-state index contributed by atoms with van der Waals surface area (Å²) < 4.78 is 53.3. The van der Waals surface area contributed by atoms with Gasteiger partial charge in [-0.25, -0.2) is 10.2 Å². The number of carbonyl (C=O) groups is 2. The quantitative estimate of drug-likeness (QED) is 0.158. The van der Waals surface area contributed by atoms with Gasteiger partial charge in [-0.3, -0.25) is 14.6 Å². The smallest absolute Gasteiger partial charge is 0.348 e. The maximum Gasteiger partial charge on any atom is 0.416 e. The number of amides is 2. The predicted molar refractivity (Wildman–Crippen MR) is 138 cm³/mol. The molecule has 4 rings (SSSR count). The molecule has 10 heteroatoms. The van der Waals surface area contributed by atoms with E-state index in [9.17, 15) is 27.2 Å². The van der Waals surface area contributed by atoms with Crippen LogP contribution in [0.2, 0.25) is 0 Å². The molecule has 0 fully saturated rings. The summed E-state index contributed by atoms with van der Waals surface area (Å²) in [5.41, 5.74) is 0.638. The Balaban J connectivity index is 1.49. The van der Waals surface area contributed by atoms with Crippen LogP contribution in [0.4, 0.5) is 28.9 Å². The van der Waals surface area contributed by atoms with Gasteiger partial charge in [-0.2, -0.15) is 13.2 Å². The average Bonchev–Trinajstić information content (AvgIpc) is 2.94. The molecule has 2 amide bonds. The van der Waals surface area contributed by atoms with E-state index in [0.29, 0.717) is 11.3 Å². The van der Waals surface area contributed by atoms with E-state index in [2.05, 4.69) is 16.7 Å². The molecule has 39 heavy (non-hydrogen) atoms. The Bertz CT molecular complexity index is 1490. The lowest BCUT2D eigenvalue weighted by atomic mass is 10.1. The second kappa shape index (κ2) is 11.8. The minimum absolute atomic E-state index is 0.0745. The third-order valence-corrected chi connectivity index (χ3v) is 5.84. The number of rotatable bonds is 8. The Morgan fingerprint density at radius 2 is 1.62 bits per heavy atom. The molecule has 0 bridgehead atoms. The number of nitrogens with zero attached hydrogens (tertiary/aromatic N) is 1. The molecule has 0 saturated heterocycles. The third-order valence-electron chi connectivity index (χ3n) is 5.84. The maximum absolute atomic E-state index is 13.4. The van der Waals surface area contributed by atoms with Gasteiger partial charge in [0.2, 0.25) is 0 Å². The molecule has 4 N–H and O–H groups in total. The Morgan fingerprint density at radius 3 is 2.38 bits per heavy atom. The number of anilines is 2. The van der Waals surface area contributed by atoms with Gasteiger partial charge in [0.05, 0.1) is 22.5 Å². The van der Waals surface area contributed by atoms with Crippen LogP contribution in [0, 0.1) is 11.9 Å². The van der Waals surface area contributed by atoms with Crippen molar-refractivity contribution in [2.24, 2.45) is 5.84 Å². The molecule has 0 heterocycles. The number of hydrazine groups is 1. The normalized spacial score (nSPS) is 11.1. The molecule has 0 saturated carbocycles. The maximum atomic E-state index is 13.4. The minimum atomic E-state index is -4.56. The van der Waals surface area contributed by atoms with E-state index in [1.54, 1.807) is 30.3 Å². The molecule has 0 spiro atoms. The molecule has 0 aliphatic rings. The van der Waals surface area contributed by atoms with Crippen LogP contribution in [0.5, 0.6) is 0 Å². The summed E-state index contributed by atoms with van der Waals surface area (Å²) >= 11 is 0. The molecule has 0 aromatic heterocycles. The van der Waals surface area contributed by atoms with Crippen LogP contribution in [0.15, 0.2) is 91.0 Å². The van der Waals surface area contributed by atoms with E-state index in [4.69, 9.17) is 5.84 Å². The van der Waals surface area contributed by atoms with E-state index in [1.165, 1.54) is 59.6 Å². The third kappa shape index (κ3) is 6.79. The summed E-state index contributed by atoms with van der Waals surface area (Å²) in [6.07, 6.45) is -4.56. The zero-order valence-corrected chi connectivity index (χ0v) is 20.4. The molecule has 1 radical (unpaired) electrons. The Hall–Kier alpha value is -4.70. The standard InChI is InChI=1S/C29H23F4N4O2/c30-22-10-5-7-19(15-22)17-35-27(38)20-9-6-11-23(16-20)37(34)26-14-4-2-12-24(26)28(39)36-18-21-8-1-3-13-25(21)29(31,32)33/h1,3-16H,17-18,34H2,(H,35,38)(H,36,39). The second-order valence-electron chi connectivity index (χ2n) is 8.51. The van der Waals surface area contributed by atoms with Crippen molar-refractivity contribution in [3.8, 4) is 0 Å². The number of carbonyl (C=O) groups excluding carboxylic acids is 2. The highest BCUT2D eigenvalue weighted by atomic mass is 19.4. The second-order valence-corrected chi connectivity index (χ2v) is 8.51. The van der Waals surface area contributed by atoms with Gasteiger partial charge >= 0.3 is 6.18 Å². The molecule has 4 aromatic rings. The first-order valence-electron chi connectivity index (χ1n) is 11.7. The Morgan fingerprint density at radius 1 is 0.872 bits per heavy atom. The van der Waals surface area contributed by atoms with Crippen LogP contribution >= 0.6 is 0 Å². The van der Waals surface area contributed by atoms with Gasteiger partial charge in [0.15, 0.2) is 0 Å². The molecule has 4 aromatic carbocycles. The number of nitrogens with one attached hydrogen (secondary N) is 2. The van der Waals surface area contributed by atoms with Crippen LogP contribution in [0.25, 0.3) is 0 Å². The fourth-order valence-electron chi connectivity index (χ4n) is 3.90. The summed E-state index contributed by atoms with van der Waals surface area (Å²) in [6, 6.07) is 24.3. The van der Waals surface area contributed by atoms with Crippen LogP contribution in [-0.4, -0.2) is 11.8 Å². The number of alkyl halides is 3. The number of hydrogen-bond acceptors (Lipinski definition) is 4. The van der Waals surface area contributed by atoms with E-state index in [-0.39, 0.29) is 35.5 Å². The van der Waals surface area contributed by atoms with Crippen LogP contribution in [-0.2, 0) is 19.3 Å². The summed E-state index contributed by atoms with van der Waals surface area (Å²) in [5.74, 6) is 4.83. The molecule has 0 atom stereocenters. The summed E-state index contributed by atoms with van der Waals surface area (Å²) in [4.78, 5) is 25.7. The van der Waals surface area contributed by atoms with Gasteiger partial charge in [0, 0.05) is 18.7 Å². The van der Waals surface area contributed by atoms with Gasteiger partial charge in [-0.15, -0.1) is 0 Å². The lowest BCUT2D eigenvalue weighted by molar-refractivity contribution is -0.138. The van der Waals surface area contributed by atoms with E-state index >= 15 is 0 Å². The zero-order chi connectivity index (χ0) is 28.0. The van der Waals surface area contributed by atoms with E-state index in [0.717, 1.165) is 6.07 Å². The van der Waals surface area contributed by atoms with E-state index < -0.39 is 29.4 Å². The molecule has 6 nitrogen and oxygen atoms in total. The van der Waals surface area contributed by atoms with Crippen molar-refractivity contribution in [3.05, 3.63) is 131 Å². The van der Waals surface area contributed by atoms with Crippen molar-refractivity contribution in [2.75, 3.05) is 5.01 Å². The molecule has 0 unspecified atom stereocenters. The average molecular weight is 536 g/mol. The number of halogens is 4. The monoisotopic (exact) mass is 535 g/mol. The van der Waals surface area contributed by atoms with Crippen molar-refractivity contribution in [1.82, 2.24) is 10.6 Å². The highest BCUT2D eigenvalue weighted by Crippen LogP contribution is 2.32. The van der Waals surface area contributed by atoms with Crippen LogP contribution < -0.4 is 21.5 Å². The molecule has 199 valence electrons. The first kappa shape index (κ1) is 27.3. The van der Waals surface area contributed by atoms with Crippen LogP contribution in [0.1, 0.15) is 37.4 Å². The van der Waals surface area contributed by atoms with Crippen LogP contribution in [0.3, 0.4) is 0 Å². The van der Waals surface area contributed by atoms with Crippen molar-refractivity contribution in [1.29, 1.82) is 0 Å². The van der Waals surface area contributed by atoms with Crippen molar-refractivity contribution in [2.45, 2.75) is 19.3 Å². The Labute approximate surface area is 222 Å². The Kier molecular flexibility index (Phi) is 8.26. The first-order chi connectivity index (χ1) is 18.6. The van der Waals surface area contributed by atoms with Gasteiger partial charge < -0.3 is 10.6 Å². The molecular weight excluding hydrogens is 512 g/mol. The molecular formula is C29H23F4N4O2. The SMILES string of the molecule is NN(c1cccc(C(=O)NCc2cccc(F)c2)c1)c1cc[c]cc1C(=O)NCc1ccccc1C(F)(F)F. The van der Waals surface area contributed by atoms with Gasteiger partial charge in [-0.1, -0.05) is 42.5 Å². The highest BCUT2D eigenvalue weighted by Gasteiger charge is 2.33. The van der Waals surface area contributed by atoms with Crippen molar-refractivity contribution in [3.63, 3.8) is 0 Å². The van der Waals surface area contributed by atoms with Gasteiger partial charge in [0.1, 0.15) is 5.82 Å². The lowest BCUT2D eigenvalue weighted by Gasteiger charge is -2.22. The van der Waals surface area contributed by atoms with E-state index in [1.807, 2.05) is 0 Å². The molecule has 0 aliphatic carbocycles. The summed E-state index contributed by atoms with van der Waals surface area (Å²) in [5, 5.41) is 6.41. The molecule has 0 aliphatic heterocycles. The number of hydrogen-bond donors (Lipinski definition) is 3. The first-order valence-corrected chi connectivity index (χ1v) is 11.7. The van der Waals surface area contributed by atoms with Gasteiger partial charge in [0.25, 0.3) is 11.8 Å². The van der Waals surface area contributed by atoms with Crippen molar-refractivity contribution < 1.29 is 27.2 Å². The number of nitrogens with two attached hydrogens (primary N) is 1. The lowest BCUT2D eigenvalue weighted by Crippen LogP contribution is -2.31. The minimum Gasteiger partial charge on any atom is -0.348 e. The fourth-order valence-corrected chi connectivity index (χ4v) is 3.90. The largest absolute Gasteiger partial charge is 0.416 e. The highest BCUT2D eigenvalue weighted by molar-refractivity contribution is 6.01. The summed E-state index contributed by atoms with van der Waals surface area (Å²) in [7, 11) is 0. The zero-order valence-electron chi connectivity index (χ0n) is 20.4. The van der Waals surface area contributed by atoms with Crippen molar-refractivity contribution >= 4 is 23.2 Å². The van der Waals surface area contributed by atoms with Gasteiger partial charge in [-0.05, 0) is 65.7 Å². The fraction of sp³-hybridized carbons (Fsp3) is 0.103. The number of benzene rings is 4. The topological polar surface area (TPSA) is 87.5 Å². The predicted octanol–water partition coefficient (Wildman–Crippen LogP) is 5.52. The summed E-state index contributed by atoms with van der Waals surface area (Å²) in [6.45, 7) is -0.238.